The minimum atomic E-state index is -0.165. The molecule has 1 atom stereocenters. The van der Waals surface area contributed by atoms with Gasteiger partial charge in [0.25, 0.3) is 5.91 Å². The number of rotatable bonds is 7. The Hall–Kier alpha value is -4.91. The molecule has 0 aliphatic carbocycles. The molecule has 6 rings (SSSR count). The van der Waals surface area contributed by atoms with E-state index in [1.54, 1.807) is 6.20 Å². The number of benzene rings is 2. The zero-order valence-electron chi connectivity index (χ0n) is 25.8. The summed E-state index contributed by atoms with van der Waals surface area (Å²) in [6.07, 6.45) is 4.86. The van der Waals surface area contributed by atoms with E-state index >= 15 is 0 Å². The number of anilines is 3. The lowest BCUT2D eigenvalue weighted by Crippen LogP contribution is -2.31. The molecule has 1 unspecified atom stereocenters. The molecule has 5 aromatic rings. The number of aryl methyl sites for hydroxylation is 3. The zero-order chi connectivity index (χ0) is 30.8. The molecule has 44 heavy (non-hydrogen) atoms. The number of carbonyl (C=O) groups excluding carboxylic acids is 1. The van der Waals surface area contributed by atoms with Crippen LogP contribution in [-0.4, -0.2) is 63.5 Å². The molecule has 2 aromatic carbocycles. The van der Waals surface area contributed by atoms with Gasteiger partial charge >= 0.3 is 0 Å². The molecule has 0 spiro atoms. The van der Waals surface area contributed by atoms with Crippen LogP contribution < -0.4 is 10.6 Å². The van der Waals surface area contributed by atoms with Gasteiger partial charge in [0.05, 0.1) is 11.9 Å². The van der Waals surface area contributed by atoms with E-state index in [0.717, 1.165) is 59.2 Å². The van der Waals surface area contributed by atoms with Gasteiger partial charge < -0.3 is 20.1 Å². The van der Waals surface area contributed by atoms with Gasteiger partial charge in [-0.25, -0.2) is 4.98 Å². The molecule has 9 nitrogen and oxygen atoms in total. The third-order valence-electron chi connectivity index (χ3n) is 8.22. The number of pyridine rings is 1. The highest BCUT2D eigenvalue weighted by molar-refractivity contribution is 6.04. The van der Waals surface area contributed by atoms with Crippen molar-refractivity contribution in [2.75, 3.05) is 37.8 Å². The zero-order valence-corrected chi connectivity index (χ0v) is 25.8. The van der Waals surface area contributed by atoms with Crippen LogP contribution in [0.4, 0.5) is 17.2 Å². The summed E-state index contributed by atoms with van der Waals surface area (Å²) >= 11 is 0. The first-order valence-electron chi connectivity index (χ1n) is 14.8. The molecule has 1 aliphatic rings. The summed E-state index contributed by atoms with van der Waals surface area (Å²) < 4.78 is 7.08. The highest BCUT2D eigenvalue weighted by atomic mass is 16.5. The standard InChI is InChI=1S/C35H37N7O2/c1-23-8-9-27(35(43)37-29-12-10-28(24(2)17-29)21-41-16-14-31(22-41)40(4)5)19-26(23)11-13-30-20-36-34-32(7-6-15-42(30)34)38-33-18-25(3)44-39-33/h6-10,12,15,17-20,31H,14,16,21-22H2,1-5H3,(H,37,43)(H,38,39). The first-order chi connectivity index (χ1) is 21.2. The van der Waals surface area contributed by atoms with E-state index in [1.807, 2.05) is 66.9 Å². The Morgan fingerprint density at radius 2 is 1.93 bits per heavy atom. The number of likely N-dealkylation sites (N-methyl/N-ethyl adjacent to an activating group) is 1. The Morgan fingerprint density at radius 1 is 1.07 bits per heavy atom. The quantitative estimate of drug-likeness (QED) is 0.233. The van der Waals surface area contributed by atoms with Crippen molar-refractivity contribution in [1.82, 2.24) is 24.3 Å². The highest BCUT2D eigenvalue weighted by Crippen LogP contribution is 2.23. The van der Waals surface area contributed by atoms with Gasteiger partial charge in [-0.3, -0.25) is 14.1 Å². The van der Waals surface area contributed by atoms with Gasteiger partial charge in [0.2, 0.25) is 0 Å². The number of nitrogens with zero attached hydrogens (tertiary/aromatic N) is 5. The topological polar surface area (TPSA) is 90.9 Å². The Bertz CT molecular complexity index is 1890. The minimum Gasteiger partial charge on any atom is -0.360 e. The van der Waals surface area contributed by atoms with Crippen LogP contribution in [0.2, 0.25) is 0 Å². The lowest BCUT2D eigenvalue weighted by molar-refractivity contribution is 0.102. The molecule has 4 heterocycles. The maximum Gasteiger partial charge on any atom is 0.255 e. The summed E-state index contributed by atoms with van der Waals surface area (Å²) in [5.74, 6) is 7.66. The van der Waals surface area contributed by atoms with E-state index in [0.29, 0.717) is 17.4 Å². The Morgan fingerprint density at radius 3 is 2.68 bits per heavy atom. The first kappa shape index (κ1) is 29.2. The molecule has 224 valence electrons. The van der Waals surface area contributed by atoms with Crippen molar-refractivity contribution in [3.8, 4) is 11.8 Å². The molecule has 0 bridgehead atoms. The van der Waals surface area contributed by atoms with E-state index in [9.17, 15) is 4.79 Å². The fraction of sp³-hybridized carbons (Fsp3) is 0.286. The molecule has 3 aromatic heterocycles. The van der Waals surface area contributed by atoms with E-state index < -0.39 is 0 Å². The molecular weight excluding hydrogens is 550 g/mol. The lowest BCUT2D eigenvalue weighted by Gasteiger charge is -2.21. The van der Waals surface area contributed by atoms with Gasteiger partial charge in [-0.15, -0.1) is 0 Å². The van der Waals surface area contributed by atoms with Crippen molar-refractivity contribution >= 4 is 28.7 Å². The minimum absolute atomic E-state index is 0.165. The fourth-order valence-electron chi connectivity index (χ4n) is 5.57. The SMILES string of the molecule is Cc1cc(Nc2cccn3c(C#Cc4cc(C(=O)Nc5ccc(CN6CCC(N(C)C)C6)c(C)c5)ccc4C)cnc23)no1. The van der Waals surface area contributed by atoms with Crippen LogP contribution in [0.5, 0.6) is 0 Å². The predicted octanol–water partition coefficient (Wildman–Crippen LogP) is 5.78. The van der Waals surface area contributed by atoms with Crippen LogP contribution in [0.3, 0.4) is 0 Å². The van der Waals surface area contributed by atoms with Gasteiger partial charge in [0.15, 0.2) is 11.5 Å². The third kappa shape index (κ3) is 6.37. The maximum atomic E-state index is 13.2. The lowest BCUT2D eigenvalue weighted by atomic mass is 10.0. The maximum absolute atomic E-state index is 13.2. The molecule has 1 saturated heterocycles. The smallest absolute Gasteiger partial charge is 0.255 e. The summed E-state index contributed by atoms with van der Waals surface area (Å²) in [6.45, 7) is 9.07. The van der Waals surface area contributed by atoms with Crippen molar-refractivity contribution < 1.29 is 9.32 Å². The predicted molar refractivity (Wildman–Crippen MR) is 173 cm³/mol. The van der Waals surface area contributed by atoms with Crippen LogP contribution in [0, 0.1) is 32.6 Å². The van der Waals surface area contributed by atoms with Crippen molar-refractivity contribution in [2.24, 2.45) is 0 Å². The molecule has 1 fully saturated rings. The molecular formula is C35H37N7O2. The monoisotopic (exact) mass is 587 g/mol. The number of amides is 1. The normalized spacial score (nSPS) is 15.0. The largest absolute Gasteiger partial charge is 0.360 e. The third-order valence-corrected chi connectivity index (χ3v) is 8.22. The number of hydrogen-bond donors (Lipinski definition) is 2. The average Bonchev–Trinajstić information content (AvgIpc) is 3.75. The average molecular weight is 588 g/mol. The second kappa shape index (κ2) is 12.4. The van der Waals surface area contributed by atoms with Crippen LogP contribution in [-0.2, 0) is 6.54 Å². The van der Waals surface area contributed by atoms with Crippen molar-refractivity contribution in [2.45, 2.75) is 39.8 Å². The fourth-order valence-corrected chi connectivity index (χ4v) is 5.57. The van der Waals surface area contributed by atoms with E-state index in [2.05, 4.69) is 75.6 Å². The summed E-state index contributed by atoms with van der Waals surface area (Å²) in [6, 6.07) is 18.1. The second-order valence-electron chi connectivity index (χ2n) is 11.7. The van der Waals surface area contributed by atoms with E-state index in [-0.39, 0.29) is 5.91 Å². The first-order valence-corrected chi connectivity index (χ1v) is 14.8. The number of imidazole rings is 1. The van der Waals surface area contributed by atoms with Crippen molar-refractivity contribution in [3.05, 3.63) is 106 Å². The second-order valence-corrected chi connectivity index (χ2v) is 11.7. The summed E-state index contributed by atoms with van der Waals surface area (Å²) in [5.41, 5.74) is 7.83. The van der Waals surface area contributed by atoms with Crippen LogP contribution in [0.15, 0.2) is 71.5 Å². The van der Waals surface area contributed by atoms with Crippen molar-refractivity contribution in [3.63, 3.8) is 0 Å². The van der Waals surface area contributed by atoms with Crippen molar-refractivity contribution in [1.29, 1.82) is 0 Å². The summed E-state index contributed by atoms with van der Waals surface area (Å²) in [4.78, 5) is 22.6. The van der Waals surface area contributed by atoms with Gasteiger partial charge in [0.1, 0.15) is 11.5 Å². The van der Waals surface area contributed by atoms with E-state index in [4.69, 9.17) is 4.52 Å². The number of likely N-dealkylation sites (tertiary alicyclic amines) is 1. The molecule has 0 radical (unpaired) electrons. The number of aromatic nitrogens is 3. The number of nitrogens with one attached hydrogen (secondary N) is 2. The number of hydrogen-bond acceptors (Lipinski definition) is 7. The van der Waals surface area contributed by atoms with Gasteiger partial charge in [-0.05, 0) is 100 Å². The van der Waals surface area contributed by atoms with Gasteiger partial charge in [0, 0.05) is 54.8 Å². The summed E-state index contributed by atoms with van der Waals surface area (Å²) in [5, 5.41) is 10.3. The van der Waals surface area contributed by atoms with Crippen LogP contribution in [0.25, 0.3) is 5.65 Å². The Labute approximate surface area is 257 Å². The molecule has 1 aliphatic heterocycles. The molecule has 1 amide bonds. The Balaban J connectivity index is 1.15. The number of carbonyl (C=O) groups is 1. The van der Waals surface area contributed by atoms with Gasteiger partial charge in [-0.2, -0.15) is 0 Å². The summed E-state index contributed by atoms with van der Waals surface area (Å²) in [7, 11) is 4.30. The molecule has 9 heteroatoms. The molecule has 2 N–H and O–H groups in total. The van der Waals surface area contributed by atoms with Crippen LogP contribution in [0.1, 0.15) is 50.5 Å². The Kier molecular flexibility index (Phi) is 8.20. The van der Waals surface area contributed by atoms with Crippen LogP contribution >= 0.6 is 0 Å². The highest BCUT2D eigenvalue weighted by Gasteiger charge is 2.24. The van der Waals surface area contributed by atoms with Gasteiger partial charge in [-0.1, -0.05) is 23.2 Å². The molecule has 0 saturated carbocycles. The van der Waals surface area contributed by atoms with E-state index in [1.165, 1.54) is 17.5 Å². The number of fused-ring (bicyclic) bond motifs is 1.